The molecule has 0 saturated carbocycles. The van der Waals surface area contributed by atoms with Crippen LogP contribution in [-0.2, 0) is 9.59 Å². The van der Waals surface area contributed by atoms with E-state index < -0.39 is 29.0 Å². The van der Waals surface area contributed by atoms with Gasteiger partial charge in [-0.2, -0.15) is 0 Å². The van der Waals surface area contributed by atoms with Gasteiger partial charge in [0.05, 0.1) is 40.7 Å². The number of methoxy groups -OCH3 is 1. The van der Waals surface area contributed by atoms with Crippen LogP contribution in [0.2, 0.25) is 10.0 Å². The number of fused-ring (bicyclic) bond motifs is 2. The van der Waals surface area contributed by atoms with Crippen LogP contribution in [0.4, 0.5) is 29.2 Å². The monoisotopic (exact) mass is 850 g/mol. The number of benzene rings is 2. The molecular weight excluding hydrogens is 815 g/mol. The van der Waals surface area contributed by atoms with E-state index in [0.29, 0.717) is 64.0 Å². The predicted molar refractivity (Wildman–Crippen MR) is 217 cm³/mol. The van der Waals surface area contributed by atoms with Crippen molar-refractivity contribution in [1.29, 1.82) is 0 Å². The summed E-state index contributed by atoms with van der Waals surface area (Å²) in [5.74, 6) is -2.24. The number of anilines is 2. The van der Waals surface area contributed by atoms with Gasteiger partial charge in [-0.25, -0.2) is 27.5 Å². The number of pyridine rings is 2. The Hall–Kier alpha value is -6.26. The van der Waals surface area contributed by atoms with Crippen LogP contribution in [0.15, 0.2) is 86.5 Å². The summed E-state index contributed by atoms with van der Waals surface area (Å²) in [6.07, 6.45) is 8.58. The number of carbonyl (C=O) groups is 2. The third-order valence-corrected chi connectivity index (χ3v) is 10.8. The number of hydrogen-bond acceptors (Lipinski definition) is 8. The lowest BCUT2D eigenvalue weighted by Gasteiger charge is -2.35. The summed E-state index contributed by atoms with van der Waals surface area (Å²) in [7, 11) is 1.38. The zero-order chi connectivity index (χ0) is 42.1. The minimum absolute atomic E-state index is 0.0271. The van der Waals surface area contributed by atoms with Gasteiger partial charge in [0.1, 0.15) is 34.8 Å². The lowest BCUT2D eigenvalue weighted by atomic mass is 10.0. The largest absolute Gasteiger partial charge is 0.507 e. The van der Waals surface area contributed by atoms with Gasteiger partial charge in [0.15, 0.2) is 22.9 Å². The van der Waals surface area contributed by atoms with Gasteiger partial charge in [-0.3, -0.25) is 18.4 Å². The molecule has 18 heteroatoms. The van der Waals surface area contributed by atoms with Crippen molar-refractivity contribution in [3.63, 3.8) is 0 Å². The van der Waals surface area contributed by atoms with Crippen LogP contribution in [-0.4, -0.2) is 105 Å². The van der Waals surface area contributed by atoms with Gasteiger partial charge in [-0.05, 0) is 36.4 Å². The third kappa shape index (κ3) is 7.60. The second-order valence-electron chi connectivity index (χ2n) is 13.4. The molecule has 2 aliphatic heterocycles. The predicted octanol–water partition coefficient (Wildman–Crippen LogP) is 7.25. The van der Waals surface area contributed by atoms with Crippen LogP contribution in [0.1, 0.15) is 0 Å². The smallest absolute Gasteiger partial charge is 0.246 e. The molecule has 0 radical (unpaired) electrons. The Morgan fingerprint density at radius 3 is 1.53 bits per heavy atom. The molecule has 0 aliphatic carbocycles. The molecule has 2 amide bonds. The Morgan fingerprint density at radius 1 is 0.678 bits per heavy atom. The molecule has 0 atom stereocenters. The summed E-state index contributed by atoms with van der Waals surface area (Å²) >= 11 is 12.7. The summed E-state index contributed by atoms with van der Waals surface area (Å²) < 4.78 is 67.7. The first-order valence-corrected chi connectivity index (χ1v) is 19.0. The van der Waals surface area contributed by atoms with Crippen LogP contribution in [0, 0.1) is 23.3 Å². The van der Waals surface area contributed by atoms with E-state index in [1.807, 2.05) is 9.80 Å². The molecule has 2 saturated heterocycles. The number of phenols is 1. The molecule has 2 fully saturated rings. The normalized spacial score (nSPS) is 14.4. The van der Waals surface area contributed by atoms with Gasteiger partial charge in [0.2, 0.25) is 11.8 Å². The summed E-state index contributed by atoms with van der Waals surface area (Å²) in [6.45, 7) is 11.2. The maximum atomic E-state index is 15.4. The fourth-order valence-corrected chi connectivity index (χ4v) is 7.80. The summed E-state index contributed by atoms with van der Waals surface area (Å²) in [5.41, 5.74) is -0.707. The number of hydrogen-bond donors (Lipinski definition) is 1. The van der Waals surface area contributed by atoms with Gasteiger partial charge in [-0.15, -0.1) is 0 Å². The van der Waals surface area contributed by atoms with Crippen LogP contribution in [0.5, 0.6) is 11.5 Å². The Labute approximate surface area is 345 Å². The van der Waals surface area contributed by atoms with Crippen molar-refractivity contribution >= 4 is 57.9 Å². The molecular formula is C41H36Cl2F4N8O4. The molecule has 0 bridgehead atoms. The van der Waals surface area contributed by atoms with Crippen molar-refractivity contribution in [1.82, 2.24) is 28.6 Å². The van der Waals surface area contributed by atoms with Gasteiger partial charge < -0.3 is 29.4 Å². The molecule has 8 rings (SSSR count). The Bertz CT molecular complexity index is 2600. The Balaban J connectivity index is 0.000000179. The number of aromatic hydroxyl groups is 1. The van der Waals surface area contributed by atoms with Crippen molar-refractivity contribution < 1.29 is 37.0 Å². The summed E-state index contributed by atoms with van der Waals surface area (Å²) in [6, 6.07) is 7.95. The van der Waals surface area contributed by atoms with E-state index in [0.717, 1.165) is 6.07 Å². The average Bonchev–Trinajstić information content (AvgIpc) is 3.87. The first kappa shape index (κ1) is 40.9. The number of piperazine rings is 2. The molecule has 2 aliphatic rings. The highest BCUT2D eigenvalue weighted by molar-refractivity contribution is 6.34. The van der Waals surface area contributed by atoms with Gasteiger partial charge in [-0.1, -0.05) is 48.5 Å². The molecule has 4 aromatic heterocycles. The van der Waals surface area contributed by atoms with E-state index in [-0.39, 0.29) is 61.2 Å². The van der Waals surface area contributed by atoms with E-state index in [1.165, 1.54) is 66.5 Å². The number of amides is 2. The Kier molecular flexibility index (Phi) is 11.7. The third-order valence-electron chi connectivity index (χ3n) is 10.2. The number of ether oxygens (including phenoxy) is 1. The number of nitrogens with zero attached hydrogens (tertiary/aromatic N) is 8. The van der Waals surface area contributed by atoms with Gasteiger partial charge in [0, 0.05) is 75.9 Å². The number of imidazole rings is 2. The van der Waals surface area contributed by atoms with E-state index in [2.05, 4.69) is 23.1 Å². The van der Waals surface area contributed by atoms with Gasteiger partial charge in [0.25, 0.3) is 0 Å². The molecule has 2 aromatic carbocycles. The van der Waals surface area contributed by atoms with Crippen LogP contribution in [0.25, 0.3) is 33.5 Å². The molecule has 59 heavy (non-hydrogen) atoms. The van der Waals surface area contributed by atoms with E-state index in [4.69, 9.17) is 27.9 Å². The molecule has 1 N–H and O–H groups in total. The number of halogens is 6. The van der Waals surface area contributed by atoms with E-state index >= 15 is 8.78 Å². The van der Waals surface area contributed by atoms with E-state index in [1.54, 1.807) is 26.5 Å². The maximum Gasteiger partial charge on any atom is 0.246 e. The topological polar surface area (TPSA) is 111 Å². The highest BCUT2D eigenvalue weighted by atomic mass is 35.5. The number of carbonyl (C=O) groups excluding carboxylic acids is 2. The van der Waals surface area contributed by atoms with Crippen molar-refractivity contribution in [2.75, 3.05) is 69.3 Å². The van der Waals surface area contributed by atoms with Crippen molar-refractivity contribution in [3.05, 3.63) is 120 Å². The second kappa shape index (κ2) is 16.9. The van der Waals surface area contributed by atoms with Crippen molar-refractivity contribution in [2.45, 2.75) is 0 Å². The molecule has 0 unspecified atom stereocenters. The van der Waals surface area contributed by atoms with Crippen LogP contribution in [0.3, 0.4) is 0 Å². The number of phenolic OH excluding ortho intramolecular Hbond substituents is 1. The van der Waals surface area contributed by atoms with Crippen molar-refractivity contribution in [2.24, 2.45) is 0 Å². The minimum atomic E-state index is -0.829. The average molecular weight is 852 g/mol. The fourth-order valence-electron chi connectivity index (χ4n) is 7.25. The maximum absolute atomic E-state index is 15.4. The zero-order valence-corrected chi connectivity index (χ0v) is 33.0. The van der Waals surface area contributed by atoms with Crippen LogP contribution >= 0.6 is 23.2 Å². The zero-order valence-electron chi connectivity index (χ0n) is 31.5. The number of rotatable bonds is 7. The minimum Gasteiger partial charge on any atom is -0.507 e. The molecule has 306 valence electrons. The standard InChI is InChI=1S/C21H19ClF2N4O2.C20H17ClF2N4O2/c1-3-17(29)27-9-7-26(8-10-27)16-11-25-21-20(24)18(13(22)12-28(16)21)19-14(23)5-4-6-15(19)30-2;1-2-16(29)26-8-6-25(7-9-26)15-10-24-20-19(23)17(12(21)11-27(15)20)18-13(22)4-3-5-14(18)28/h3-6,11-12H,1,7-10H2,2H3;2-5,10-11,28H,1,6-9H2. The lowest BCUT2D eigenvalue weighted by molar-refractivity contribution is -0.127. The molecule has 0 spiro atoms. The van der Waals surface area contributed by atoms with Crippen LogP contribution < -0.4 is 14.5 Å². The molecule has 6 aromatic rings. The SMILES string of the molecule is C=CC(=O)N1CCN(c2cnc3c(F)c(-c4c(F)cccc4OC)c(Cl)cn23)CC1.C=CC(=O)N1CCN(c2cnc3c(F)c(-c4c(O)cccc4F)c(Cl)cn23)CC1. The van der Waals surface area contributed by atoms with Gasteiger partial charge >= 0.3 is 0 Å². The lowest BCUT2D eigenvalue weighted by Crippen LogP contribution is -2.48. The highest BCUT2D eigenvalue weighted by Gasteiger charge is 2.28. The quantitative estimate of drug-likeness (QED) is 0.132. The second-order valence-corrected chi connectivity index (χ2v) is 14.3. The summed E-state index contributed by atoms with van der Waals surface area (Å²) in [5, 5.41) is 10.00. The first-order chi connectivity index (χ1) is 28.4. The van der Waals surface area contributed by atoms with E-state index in [9.17, 15) is 23.5 Å². The summed E-state index contributed by atoms with van der Waals surface area (Å²) in [4.78, 5) is 39.2. The first-order valence-electron chi connectivity index (χ1n) is 18.2. The Morgan fingerprint density at radius 2 is 1.10 bits per heavy atom. The molecule has 6 heterocycles. The fraction of sp³-hybridized carbons (Fsp3) is 0.220. The van der Waals surface area contributed by atoms with Crippen molar-refractivity contribution in [3.8, 4) is 33.8 Å². The number of aromatic nitrogens is 4. The molecule has 12 nitrogen and oxygen atoms in total. The highest BCUT2D eigenvalue weighted by Crippen LogP contribution is 2.42.